The van der Waals surface area contributed by atoms with Crippen molar-refractivity contribution in [3.05, 3.63) is 28.2 Å². The lowest BCUT2D eigenvalue weighted by Gasteiger charge is -2.35. The second-order valence-electron chi connectivity index (χ2n) is 4.96. The van der Waals surface area contributed by atoms with Crippen molar-refractivity contribution in [2.24, 2.45) is 5.73 Å². The van der Waals surface area contributed by atoms with Gasteiger partial charge in [-0.2, -0.15) is 4.31 Å². The van der Waals surface area contributed by atoms with E-state index in [4.69, 9.17) is 5.73 Å². The van der Waals surface area contributed by atoms with Gasteiger partial charge in [-0.15, -0.1) is 0 Å². The van der Waals surface area contributed by atoms with Gasteiger partial charge in [0.2, 0.25) is 10.0 Å². The first-order chi connectivity index (χ1) is 9.41. The van der Waals surface area contributed by atoms with Gasteiger partial charge in [0.15, 0.2) is 0 Å². The summed E-state index contributed by atoms with van der Waals surface area (Å²) in [4.78, 5) is 2.24. The van der Waals surface area contributed by atoms with Crippen LogP contribution < -0.4 is 10.6 Å². The van der Waals surface area contributed by atoms with Crippen LogP contribution in [-0.2, 0) is 16.4 Å². The average molecular weight is 362 g/mol. The van der Waals surface area contributed by atoms with Crippen molar-refractivity contribution >= 4 is 31.6 Å². The second kappa shape index (κ2) is 6.43. The minimum absolute atomic E-state index is 0.539. The Hall–Kier alpha value is -0.630. The highest BCUT2D eigenvalue weighted by atomic mass is 79.9. The lowest BCUT2D eigenvalue weighted by atomic mass is 10.1. The maximum Gasteiger partial charge on any atom is 0.211 e. The zero-order valence-corrected chi connectivity index (χ0v) is 14.0. The Bertz CT molecular complexity index is 569. The number of halogens is 1. The van der Waals surface area contributed by atoms with E-state index in [0.717, 1.165) is 16.6 Å². The third kappa shape index (κ3) is 3.72. The summed E-state index contributed by atoms with van der Waals surface area (Å²) in [6, 6.07) is 6.18. The lowest BCUT2D eigenvalue weighted by molar-refractivity contribution is 0.388. The van der Waals surface area contributed by atoms with Crippen LogP contribution in [0.15, 0.2) is 22.7 Å². The largest absolute Gasteiger partial charge is 0.369 e. The first-order valence-corrected chi connectivity index (χ1v) is 9.24. The number of benzene rings is 1. The highest BCUT2D eigenvalue weighted by Crippen LogP contribution is 2.26. The van der Waals surface area contributed by atoms with Crippen molar-refractivity contribution < 1.29 is 8.42 Å². The average Bonchev–Trinajstić information content (AvgIpc) is 2.38. The summed E-state index contributed by atoms with van der Waals surface area (Å²) < 4.78 is 25.6. The van der Waals surface area contributed by atoms with Gasteiger partial charge in [0.05, 0.1) is 6.26 Å². The SMILES string of the molecule is CS(=O)(=O)N1CCN(c2ccc(Br)cc2CCN)CC1. The van der Waals surface area contributed by atoms with Crippen molar-refractivity contribution in [1.29, 1.82) is 0 Å². The maximum absolute atomic E-state index is 11.5. The van der Waals surface area contributed by atoms with Crippen LogP contribution in [0.2, 0.25) is 0 Å². The van der Waals surface area contributed by atoms with E-state index in [1.54, 1.807) is 0 Å². The fourth-order valence-electron chi connectivity index (χ4n) is 2.48. The highest BCUT2D eigenvalue weighted by Gasteiger charge is 2.24. The van der Waals surface area contributed by atoms with Gasteiger partial charge in [-0.3, -0.25) is 0 Å². The van der Waals surface area contributed by atoms with Crippen LogP contribution in [0.4, 0.5) is 5.69 Å². The molecule has 0 aliphatic carbocycles. The summed E-state index contributed by atoms with van der Waals surface area (Å²) in [6.07, 6.45) is 2.09. The van der Waals surface area contributed by atoms with Crippen molar-refractivity contribution in [3.63, 3.8) is 0 Å². The molecule has 1 aliphatic heterocycles. The van der Waals surface area contributed by atoms with E-state index in [1.807, 2.05) is 6.07 Å². The van der Waals surface area contributed by atoms with Gasteiger partial charge < -0.3 is 10.6 Å². The molecule has 0 amide bonds. The van der Waals surface area contributed by atoms with Gasteiger partial charge in [-0.05, 0) is 36.7 Å². The fraction of sp³-hybridized carbons (Fsp3) is 0.538. The second-order valence-corrected chi connectivity index (χ2v) is 7.86. The molecule has 7 heteroatoms. The van der Waals surface area contributed by atoms with Crippen molar-refractivity contribution in [1.82, 2.24) is 4.31 Å². The molecule has 1 fully saturated rings. The third-order valence-corrected chi connectivity index (χ3v) is 5.30. The molecule has 0 radical (unpaired) electrons. The Morgan fingerprint density at radius 2 is 1.90 bits per heavy atom. The predicted molar refractivity (Wildman–Crippen MR) is 85.5 cm³/mol. The van der Waals surface area contributed by atoms with Crippen LogP contribution in [-0.4, -0.2) is 51.7 Å². The van der Waals surface area contributed by atoms with E-state index < -0.39 is 10.0 Å². The van der Waals surface area contributed by atoms with Gasteiger partial charge in [0.1, 0.15) is 0 Å². The summed E-state index contributed by atoms with van der Waals surface area (Å²) in [5.74, 6) is 0. The number of hydrogen-bond donors (Lipinski definition) is 1. The van der Waals surface area contributed by atoms with E-state index in [-0.39, 0.29) is 0 Å². The Labute approximate surface area is 128 Å². The molecule has 112 valence electrons. The number of piperazine rings is 1. The summed E-state index contributed by atoms with van der Waals surface area (Å²) in [7, 11) is -3.08. The molecule has 1 aromatic rings. The third-order valence-electron chi connectivity index (χ3n) is 3.50. The molecule has 0 bridgehead atoms. The van der Waals surface area contributed by atoms with Crippen LogP contribution in [0, 0.1) is 0 Å². The first-order valence-electron chi connectivity index (χ1n) is 6.60. The Kier molecular flexibility index (Phi) is 5.06. The molecule has 1 aliphatic rings. The van der Waals surface area contributed by atoms with Crippen LogP contribution in [0.1, 0.15) is 5.56 Å². The molecule has 0 atom stereocenters. The minimum atomic E-state index is -3.08. The number of anilines is 1. The number of sulfonamides is 1. The highest BCUT2D eigenvalue weighted by molar-refractivity contribution is 9.10. The molecular weight excluding hydrogens is 342 g/mol. The van der Waals surface area contributed by atoms with Crippen molar-refractivity contribution in [3.8, 4) is 0 Å². The molecule has 2 rings (SSSR count). The smallest absolute Gasteiger partial charge is 0.211 e. The lowest BCUT2D eigenvalue weighted by Crippen LogP contribution is -2.48. The van der Waals surface area contributed by atoms with Crippen LogP contribution >= 0.6 is 15.9 Å². The predicted octanol–water partition coefficient (Wildman–Crippen LogP) is 1.03. The summed E-state index contributed by atoms with van der Waals surface area (Å²) in [6.45, 7) is 3.11. The van der Waals surface area contributed by atoms with Crippen LogP contribution in [0.3, 0.4) is 0 Å². The maximum atomic E-state index is 11.5. The normalized spacial score (nSPS) is 17.4. The molecule has 0 saturated carbocycles. The van der Waals surface area contributed by atoms with Gasteiger partial charge in [0.25, 0.3) is 0 Å². The molecular formula is C13H20BrN3O2S. The Morgan fingerprint density at radius 1 is 1.25 bits per heavy atom. The van der Waals surface area contributed by atoms with E-state index in [9.17, 15) is 8.42 Å². The van der Waals surface area contributed by atoms with Crippen molar-refractivity contribution in [2.75, 3.05) is 43.9 Å². The monoisotopic (exact) mass is 361 g/mol. The zero-order valence-electron chi connectivity index (χ0n) is 11.5. The standard InChI is InChI=1S/C13H20BrN3O2S/c1-20(18,19)17-8-6-16(7-9-17)13-3-2-12(14)10-11(13)4-5-15/h2-3,10H,4-9,15H2,1H3. The number of rotatable bonds is 4. The molecule has 0 unspecified atom stereocenters. The molecule has 1 saturated heterocycles. The van der Waals surface area contributed by atoms with Crippen LogP contribution in [0.5, 0.6) is 0 Å². The first kappa shape index (κ1) is 15.8. The molecule has 2 N–H and O–H groups in total. The number of nitrogens with two attached hydrogens (primary N) is 1. The van der Waals surface area contributed by atoms with Gasteiger partial charge in [-0.1, -0.05) is 15.9 Å². The molecule has 1 aromatic carbocycles. The van der Waals surface area contributed by atoms with Gasteiger partial charge in [0, 0.05) is 36.3 Å². The minimum Gasteiger partial charge on any atom is -0.369 e. The van der Waals surface area contributed by atoms with E-state index in [1.165, 1.54) is 16.1 Å². The molecule has 0 spiro atoms. The molecule has 0 aromatic heterocycles. The quantitative estimate of drug-likeness (QED) is 0.869. The van der Waals surface area contributed by atoms with E-state index in [0.29, 0.717) is 32.7 Å². The summed E-state index contributed by atoms with van der Waals surface area (Å²) >= 11 is 3.48. The molecule has 20 heavy (non-hydrogen) atoms. The van der Waals surface area contributed by atoms with Crippen LogP contribution in [0.25, 0.3) is 0 Å². The van der Waals surface area contributed by atoms with E-state index in [2.05, 4.69) is 33.0 Å². The van der Waals surface area contributed by atoms with Crippen molar-refractivity contribution in [2.45, 2.75) is 6.42 Å². The van der Waals surface area contributed by atoms with E-state index >= 15 is 0 Å². The fourth-order valence-corrected chi connectivity index (χ4v) is 3.71. The molecule has 5 nitrogen and oxygen atoms in total. The Morgan fingerprint density at radius 3 is 2.45 bits per heavy atom. The summed E-state index contributed by atoms with van der Waals surface area (Å²) in [5.41, 5.74) is 8.03. The number of hydrogen-bond acceptors (Lipinski definition) is 4. The number of nitrogens with zero attached hydrogens (tertiary/aromatic N) is 2. The van der Waals surface area contributed by atoms with Gasteiger partial charge in [-0.25, -0.2) is 8.42 Å². The zero-order chi connectivity index (χ0) is 14.8. The van der Waals surface area contributed by atoms with Gasteiger partial charge >= 0.3 is 0 Å². The topological polar surface area (TPSA) is 66.6 Å². The molecule has 1 heterocycles. The Balaban J connectivity index is 2.14. The summed E-state index contributed by atoms with van der Waals surface area (Å²) in [5, 5.41) is 0.